The summed E-state index contributed by atoms with van der Waals surface area (Å²) in [5, 5.41) is 6.53. The summed E-state index contributed by atoms with van der Waals surface area (Å²) in [6.07, 6.45) is 5.80. The van der Waals surface area contributed by atoms with E-state index < -0.39 is 0 Å². The average molecular weight is 1160 g/mol. The van der Waals surface area contributed by atoms with Crippen LogP contribution in [0.5, 0.6) is 0 Å². The minimum Gasteiger partial charge on any atom is -0.514 e. The number of imidazole rings is 3. The smallest absolute Gasteiger partial charge is 0.268 e. The fourth-order valence-electron chi connectivity index (χ4n) is 11.9. The number of para-hydroxylation sites is 9. The van der Waals surface area contributed by atoms with Gasteiger partial charge in [0, 0.05) is 54.5 Å². The Morgan fingerprint density at radius 3 is 1.95 bits per heavy atom. The average Bonchev–Trinajstić information content (AvgIpc) is 4.31. The van der Waals surface area contributed by atoms with E-state index in [0.29, 0.717) is 0 Å². The summed E-state index contributed by atoms with van der Waals surface area (Å²) in [6.45, 7) is 8.83. The van der Waals surface area contributed by atoms with Gasteiger partial charge in [0.05, 0.1) is 44.5 Å². The van der Waals surface area contributed by atoms with Crippen LogP contribution >= 0.6 is 0 Å². The molecule has 0 aliphatic rings. The van der Waals surface area contributed by atoms with Crippen molar-refractivity contribution < 1.29 is 30.0 Å². The van der Waals surface area contributed by atoms with Crippen LogP contribution in [0, 0.1) is 25.4 Å². The van der Waals surface area contributed by atoms with E-state index in [-0.39, 0.29) is 26.5 Å². The van der Waals surface area contributed by atoms with Crippen LogP contribution in [0.2, 0.25) is 0 Å². The molecule has 0 atom stereocenters. The SMILES string of the molecule is Cc1cccc2c1nc1n(-c3cc(C(C)(C)C)ccn3)c3[c-]c4c(cc3n21)c1ccccc1n4-c1[c-]c(-n2[c-][n+](-c3ccccc3-n3c4ccccc4c4ccccc43)c3ccccc32)cc2c1oc1ccccc12.[Pt]. The van der Waals surface area contributed by atoms with E-state index in [1.54, 1.807) is 0 Å². The van der Waals surface area contributed by atoms with Crippen LogP contribution in [0.3, 0.4) is 0 Å². The van der Waals surface area contributed by atoms with Gasteiger partial charge < -0.3 is 22.5 Å². The van der Waals surface area contributed by atoms with Crippen LogP contribution < -0.4 is 4.57 Å². The molecule has 0 radical (unpaired) electrons. The van der Waals surface area contributed by atoms with Crippen molar-refractivity contribution in [2.75, 3.05) is 0 Å². The fraction of sp³-hybridized carbons (Fsp3) is 0.0758. The Morgan fingerprint density at radius 1 is 0.539 bits per heavy atom. The van der Waals surface area contributed by atoms with Crippen molar-refractivity contribution in [1.82, 2.24) is 32.6 Å². The molecule has 0 saturated carbocycles. The molecular formula is C66H44N8OPt-2. The third kappa shape index (κ3) is 6.20. The topological polar surface area (TPSA) is 66.9 Å². The van der Waals surface area contributed by atoms with Gasteiger partial charge in [-0.2, -0.15) is 0 Å². The maximum atomic E-state index is 6.98. The van der Waals surface area contributed by atoms with Gasteiger partial charge in [-0.25, -0.2) is 9.97 Å². The van der Waals surface area contributed by atoms with Crippen molar-refractivity contribution in [2.45, 2.75) is 33.1 Å². The molecule has 0 unspecified atom stereocenters. The van der Waals surface area contributed by atoms with Crippen molar-refractivity contribution in [3.05, 3.63) is 224 Å². The molecule has 0 amide bonds. The van der Waals surface area contributed by atoms with Crippen LogP contribution in [0.25, 0.3) is 133 Å². The van der Waals surface area contributed by atoms with Crippen LogP contribution in [-0.2, 0) is 26.5 Å². The molecule has 0 N–H and O–H groups in total. The van der Waals surface area contributed by atoms with E-state index in [4.69, 9.17) is 14.4 Å². The monoisotopic (exact) mass is 1160 g/mol. The molecule has 0 fully saturated rings. The van der Waals surface area contributed by atoms with Gasteiger partial charge in [0.15, 0.2) is 0 Å². The zero-order chi connectivity index (χ0) is 49.8. The molecule has 9 nitrogen and oxygen atoms in total. The number of pyridine rings is 1. The van der Waals surface area contributed by atoms with E-state index in [9.17, 15) is 0 Å². The number of hydrogen-bond acceptors (Lipinski definition) is 3. The number of benzene rings is 9. The van der Waals surface area contributed by atoms with Crippen molar-refractivity contribution >= 4 is 104 Å². The van der Waals surface area contributed by atoms with Gasteiger partial charge in [0.25, 0.3) is 6.33 Å². The van der Waals surface area contributed by atoms with E-state index in [2.05, 4.69) is 249 Å². The van der Waals surface area contributed by atoms with Crippen LogP contribution in [0.15, 0.2) is 199 Å². The van der Waals surface area contributed by atoms with E-state index >= 15 is 0 Å². The zero-order valence-corrected chi connectivity index (χ0v) is 44.0. The van der Waals surface area contributed by atoms with Crippen molar-refractivity contribution in [3.8, 4) is 28.6 Å². The van der Waals surface area contributed by atoms with Gasteiger partial charge in [-0.1, -0.05) is 153 Å². The molecule has 7 heterocycles. The number of hydrogen-bond donors (Lipinski definition) is 0. The minimum absolute atomic E-state index is 0. The second-order valence-corrected chi connectivity index (χ2v) is 20.8. The molecule has 16 rings (SSSR count). The molecular weight excluding hydrogens is 1120 g/mol. The zero-order valence-electron chi connectivity index (χ0n) is 41.8. The third-order valence-electron chi connectivity index (χ3n) is 15.4. The molecule has 7 aromatic heterocycles. The van der Waals surface area contributed by atoms with Crippen molar-refractivity contribution in [3.63, 3.8) is 0 Å². The van der Waals surface area contributed by atoms with Crippen LogP contribution in [-0.4, -0.2) is 32.6 Å². The second-order valence-electron chi connectivity index (χ2n) is 20.8. The quantitative estimate of drug-likeness (QED) is 0.127. The van der Waals surface area contributed by atoms with Gasteiger partial charge in [0.2, 0.25) is 5.78 Å². The normalized spacial score (nSPS) is 12.4. The van der Waals surface area contributed by atoms with Gasteiger partial charge in [-0.15, -0.1) is 29.7 Å². The number of aromatic nitrogens is 8. The number of aryl methyl sites for hydroxylation is 1. The molecule has 16 aromatic rings. The van der Waals surface area contributed by atoms with Gasteiger partial charge >= 0.3 is 0 Å². The summed E-state index contributed by atoms with van der Waals surface area (Å²) in [4.78, 5) is 10.4. The molecule has 0 aliphatic carbocycles. The Balaban J connectivity index is 0.00000506. The second kappa shape index (κ2) is 16.2. The van der Waals surface area contributed by atoms with Crippen LogP contribution in [0.4, 0.5) is 0 Å². The van der Waals surface area contributed by atoms with Gasteiger partial charge in [-0.3, -0.25) is 9.13 Å². The molecule has 76 heavy (non-hydrogen) atoms. The van der Waals surface area contributed by atoms with Crippen LogP contribution in [0.1, 0.15) is 31.9 Å². The number of rotatable bonds is 5. The summed E-state index contributed by atoms with van der Waals surface area (Å²) in [6, 6.07) is 74.6. The standard InChI is InChI=1S/C66H44N8O.Pt/c1-40-18-17-30-56-63(40)68-65-73(56)58-37-47-45-21-7-11-25-51(45)72(57(47)38-59(58)74(65)62-34-41(32-33-67-62)66(2,3)4)60-36-42(35-48-46-22-8-16-31-61(46)75-64(48)60)69-39-70(53-27-13-12-26-52(53)69)54-28-14-15-29-55(54)71-49-23-9-5-19-43(49)44-20-6-10-24-50(44)71;/h5-35,37H,1-4H3;/q-2;. The summed E-state index contributed by atoms with van der Waals surface area (Å²) < 4.78 is 20.5. The summed E-state index contributed by atoms with van der Waals surface area (Å²) >= 11 is 0. The first-order chi connectivity index (χ1) is 36.8. The first kappa shape index (κ1) is 44.4. The first-order valence-electron chi connectivity index (χ1n) is 25.4. The van der Waals surface area contributed by atoms with E-state index in [1.807, 2.05) is 18.3 Å². The largest absolute Gasteiger partial charge is 0.514 e. The minimum atomic E-state index is -0.104. The van der Waals surface area contributed by atoms with E-state index in [0.717, 1.165) is 128 Å². The molecule has 0 saturated heterocycles. The molecule has 10 heteroatoms. The Bertz CT molecular complexity index is 5040. The third-order valence-corrected chi connectivity index (χ3v) is 15.4. The Labute approximate surface area is 450 Å². The fourth-order valence-corrected chi connectivity index (χ4v) is 11.9. The summed E-state index contributed by atoms with van der Waals surface area (Å²) in [5.74, 6) is 1.56. The Hall–Kier alpha value is -9.04. The summed E-state index contributed by atoms with van der Waals surface area (Å²) in [7, 11) is 0. The maximum Gasteiger partial charge on any atom is 0.268 e. The number of nitrogens with zero attached hydrogens (tertiary/aromatic N) is 8. The molecule has 9 aromatic carbocycles. The maximum absolute atomic E-state index is 6.98. The predicted octanol–water partition coefficient (Wildman–Crippen LogP) is 15.1. The molecule has 366 valence electrons. The number of fused-ring (bicyclic) bond motifs is 15. The molecule has 0 spiro atoms. The predicted molar refractivity (Wildman–Crippen MR) is 302 cm³/mol. The molecule has 0 bridgehead atoms. The summed E-state index contributed by atoms with van der Waals surface area (Å²) in [5.41, 5.74) is 17.3. The van der Waals surface area contributed by atoms with Gasteiger partial charge in [0.1, 0.15) is 11.4 Å². The Kier molecular flexibility index (Phi) is 9.49. The van der Waals surface area contributed by atoms with Crippen molar-refractivity contribution in [1.29, 1.82) is 0 Å². The number of furan rings is 1. The van der Waals surface area contributed by atoms with Crippen molar-refractivity contribution in [2.24, 2.45) is 0 Å². The van der Waals surface area contributed by atoms with Gasteiger partial charge in [-0.05, 0) is 106 Å². The molecule has 0 aliphatic heterocycles. The van der Waals surface area contributed by atoms with E-state index in [1.165, 1.54) is 16.3 Å². The first-order valence-corrected chi connectivity index (χ1v) is 25.4. The Morgan fingerprint density at radius 2 is 1.18 bits per heavy atom.